The molecule has 0 spiro atoms. The van der Waals surface area contributed by atoms with Crippen LogP contribution >= 0.6 is 39.3 Å². The number of aromatic nitrogens is 3. The third-order valence-electron chi connectivity index (χ3n) is 4.14. The van der Waals surface area contributed by atoms with E-state index in [-0.39, 0.29) is 6.10 Å². The van der Waals surface area contributed by atoms with Crippen LogP contribution in [0.4, 0.5) is 0 Å². The van der Waals surface area contributed by atoms with E-state index in [1.165, 1.54) is 5.56 Å². The number of rotatable bonds is 8. The molecule has 0 aliphatic rings. The van der Waals surface area contributed by atoms with Crippen molar-refractivity contribution in [1.29, 1.82) is 0 Å². The first kappa shape index (κ1) is 21.0. The van der Waals surface area contributed by atoms with Crippen LogP contribution in [0, 0.1) is 6.92 Å². The molecule has 3 aromatic rings. The Balaban J connectivity index is 1.77. The highest BCUT2D eigenvalue weighted by molar-refractivity contribution is 9.10. The molecule has 0 saturated carbocycles. The smallest absolute Gasteiger partial charge is 0.191 e. The fourth-order valence-electron chi connectivity index (χ4n) is 2.72. The summed E-state index contributed by atoms with van der Waals surface area (Å²) in [7, 11) is 0. The highest BCUT2D eigenvalue weighted by atomic mass is 79.9. The normalized spacial score (nSPS) is 12.0. The third-order valence-corrected chi connectivity index (χ3v) is 5.94. The Bertz CT molecular complexity index is 959. The highest BCUT2D eigenvalue weighted by Gasteiger charge is 2.19. The van der Waals surface area contributed by atoms with Gasteiger partial charge in [0.2, 0.25) is 0 Å². The van der Waals surface area contributed by atoms with Crippen molar-refractivity contribution in [3.05, 3.63) is 81.6 Å². The molecule has 0 aliphatic carbocycles. The van der Waals surface area contributed by atoms with Crippen molar-refractivity contribution in [2.45, 2.75) is 37.4 Å². The number of ether oxygens (including phenoxy) is 1. The highest BCUT2D eigenvalue weighted by Crippen LogP contribution is 2.29. The molecular formula is C21H21BrClN3OS. The van der Waals surface area contributed by atoms with Crippen LogP contribution in [0.25, 0.3) is 0 Å². The molecule has 0 aliphatic heterocycles. The summed E-state index contributed by atoms with van der Waals surface area (Å²) in [6, 6.07) is 13.9. The molecule has 0 radical (unpaired) electrons. The fraction of sp³-hybridized carbons (Fsp3) is 0.238. The van der Waals surface area contributed by atoms with E-state index in [0.29, 0.717) is 11.6 Å². The van der Waals surface area contributed by atoms with Crippen LogP contribution in [-0.2, 0) is 12.3 Å². The lowest BCUT2D eigenvalue weighted by Gasteiger charge is -2.17. The van der Waals surface area contributed by atoms with Crippen molar-refractivity contribution < 1.29 is 4.74 Å². The van der Waals surface area contributed by atoms with Gasteiger partial charge in [0, 0.05) is 21.8 Å². The maximum Gasteiger partial charge on any atom is 0.191 e. The Labute approximate surface area is 183 Å². The molecule has 0 fully saturated rings. The van der Waals surface area contributed by atoms with Crippen molar-refractivity contribution in [2.75, 3.05) is 0 Å². The van der Waals surface area contributed by atoms with Crippen LogP contribution in [0.15, 0.2) is 64.7 Å². The van der Waals surface area contributed by atoms with Crippen LogP contribution in [0.3, 0.4) is 0 Å². The van der Waals surface area contributed by atoms with Crippen molar-refractivity contribution in [2.24, 2.45) is 0 Å². The van der Waals surface area contributed by atoms with Crippen LogP contribution in [0.1, 0.15) is 30.0 Å². The minimum Gasteiger partial charge on any atom is -0.482 e. The second-order valence-corrected chi connectivity index (χ2v) is 8.62. The Hall–Kier alpha value is -1.76. The number of allylic oxidation sites excluding steroid dienone is 1. The molecule has 1 aromatic heterocycles. The van der Waals surface area contributed by atoms with Gasteiger partial charge in [-0.25, -0.2) is 0 Å². The number of aryl methyl sites for hydroxylation is 1. The quantitative estimate of drug-likeness (QED) is 0.269. The minimum absolute atomic E-state index is 0.255. The van der Waals surface area contributed by atoms with E-state index < -0.39 is 0 Å². The number of nitrogens with zero attached hydrogens (tertiary/aromatic N) is 3. The van der Waals surface area contributed by atoms with Gasteiger partial charge in [0.25, 0.3) is 0 Å². The maximum absolute atomic E-state index is 6.13. The molecule has 1 unspecified atom stereocenters. The third kappa shape index (κ3) is 5.19. The topological polar surface area (TPSA) is 39.9 Å². The Morgan fingerprint density at radius 2 is 2.00 bits per heavy atom. The Kier molecular flexibility index (Phi) is 7.21. The SMILES string of the molecule is C=CCn1c(SCc2ccc(Br)cc2)nnc1C(C)Oc1ccc(Cl)cc1C. The van der Waals surface area contributed by atoms with E-state index >= 15 is 0 Å². The van der Waals surface area contributed by atoms with Crippen LogP contribution in [0.2, 0.25) is 5.02 Å². The molecule has 2 aromatic carbocycles. The van der Waals surface area contributed by atoms with Crippen molar-refractivity contribution in [1.82, 2.24) is 14.8 Å². The lowest BCUT2D eigenvalue weighted by atomic mass is 10.2. The summed E-state index contributed by atoms with van der Waals surface area (Å²) in [5.74, 6) is 2.37. The zero-order valence-electron chi connectivity index (χ0n) is 15.7. The number of thioether (sulfide) groups is 1. The first-order chi connectivity index (χ1) is 13.5. The molecule has 0 amide bonds. The average Bonchev–Trinajstić information content (AvgIpc) is 3.07. The Morgan fingerprint density at radius 3 is 2.68 bits per heavy atom. The molecule has 0 bridgehead atoms. The zero-order chi connectivity index (χ0) is 20.1. The minimum atomic E-state index is -0.255. The summed E-state index contributed by atoms with van der Waals surface area (Å²) in [5, 5.41) is 10.3. The molecule has 1 heterocycles. The van der Waals surface area contributed by atoms with Gasteiger partial charge in [0.05, 0.1) is 0 Å². The van der Waals surface area contributed by atoms with Crippen molar-refractivity contribution in [3.63, 3.8) is 0 Å². The molecule has 146 valence electrons. The van der Waals surface area contributed by atoms with Gasteiger partial charge in [-0.2, -0.15) is 0 Å². The Morgan fingerprint density at radius 1 is 1.25 bits per heavy atom. The maximum atomic E-state index is 6.13. The largest absolute Gasteiger partial charge is 0.482 e. The van der Waals surface area contributed by atoms with E-state index in [1.54, 1.807) is 11.8 Å². The van der Waals surface area contributed by atoms with Gasteiger partial charge in [0.15, 0.2) is 17.1 Å². The first-order valence-electron chi connectivity index (χ1n) is 8.82. The molecular weight excluding hydrogens is 458 g/mol. The number of benzene rings is 2. The predicted octanol–water partition coefficient (Wildman–Crippen LogP) is 6.62. The first-order valence-corrected chi connectivity index (χ1v) is 11.0. The van der Waals surface area contributed by atoms with E-state index in [1.807, 2.05) is 54.8 Å². The summed E-state index contributed by atoms with van der Waals surface area (Å²) in [5.41, 5.74) is 2.21. The summed E-state index contributed by atoms with van der Waals surface area (Å²) < 4.78 is 9.25. The fourth-order valence-corrected chi connectivity index (χ4v) is 4.13. The van der Waals surface area contributed by atoms with Crippen molar-refractivity contribution in [3.8, 4) is 5.75 Å². The molecule has 7 heteroatoms. The lowest BCUT2D eigenvalue weighted by molar-refractivity contribution is 0.209. The van der Waals surface area contributed by atoms with E-state index in [2.05, 4.69) is 44.8 Å². The monoisotopic (exact) mass is 477 g/mol. The number of hydrogen-bond acceptors (Lipinski definition) is 4. The van der Waals surface area contributed by atoms with Gasteiger partial charge in [-0.05, 0) is 55.3 Å². The second-order valence-electron chi connectivity index (χ2n) is 6.33. The summed E-state index contributed by atoms with van der Waals surface area (Å²) in [4.78, 5) is 0. The number of hydrogen-bond donors (Lipinski definition) is 0. The molecule has 3 rings (SSSR count). The molecule has 28 heavy (non-hydrogen) atoms. The number of halogens is 2. The van der Waals surface area contributed by atoms with E-state index in [0.717, 1.165) is 32.5 Å². The van der Waals surface area contributed by atoms with Crippen LogP contribution < -0.4 is 4.74 Å². The van der Waals surface area contributed by atoms with Crippen LogP contribution in [-0.4, -0.2) is 14.8 Å². The van der Waals surface area contributed by atoms with Gasteiger partial charge >= 0.3 is 0 Å². The molecule has 0 saturated heterocycles. The van der Waals surface area contributed by atoms with Crippen molar-refractivity contribution >= 4 is 39.3 Å². The zero-order valence-corrected chi connectivity index (χ0v) is 18.9. The molecule has 4 nitrogen and oxygen atoms in total. The lowest BCUT2D eigenvalue weighted by Crippen LogP contribution is -2.12. The van der Waals surface area contributed by atoms with E-state index in [4.69, 9.17) is 16.3 Å². The van der Waals surface area contributed by atoms with E-state index in [9.17, 15) is 0 Å². The van der Waals surface area contributed by atoms with Gasteiger partial charge in [0.1, 0.15) is 5.75 Å². The summed E-state index contributed by atoms with van der Waals surface area (Å²) in [6.45, 7) is 8.44. The second kappa shape index (κ2) is 9.63. The van der Waals surface area contributed by atoms with Gasteiger partial charge < -0.3 is 4.74 Å². The average molecular weight is 479 g/mol. The molecule has 1 atom stereocenters. The standard InChI is InChI=1S/C21H21BrClN3OS/c1-4-11-26-20(15(3)27-19-10-9-18(23)12-14(19)2)24-25-21(26)28-13-16-5-7-17(22)8-6-16/h4-10,12,15H,1,11,13H2,2-3H3. The predicted molar refractivity (Wildman–Crippen MR) is 119 cm³/mol. The summed E-state index contributed by atoms with van der Waals surface area (Å²) >= 11 is 11.1. The summed E-state index contributed by atoms with van der Waals surface area (Å²) in [6.07, 6.45) is 1.59. The molecule has 0 N–H and O–H groups in total. The van der Waals surface area contributed by atoms with Gasteiger partial charge in [-0.15, -0.1) is 16.8 Å². The van der Waals surface area contributed by atoms with Gasteiger partial charge in [-0.1, -0.05) is 57.5 Å². The van der Waals surface area contributed by atoms with Crippen LogP contribution in [0.5, 0.6) is 5.75 Å². The van der Waals surface area contributed by atoms with Gasteiger partial charge in [-0.3, -0.25) is 4.57 Å².